The molecule has 1 N–H and O–H groups in total. The van der Waals surface area contributed by atoms with Crippen molar-refractivity contribution in [3.05, 3.63) is 5.51 Å². The normalized spacial score (nSPS) is 26.6. The maximum absolute atomic E-state index is 11.2. The van der Waals surface area contributed by atoms with Crippen LogP contribution in [-0.2, 0) is 4.79 Å². The third kappa shape index (κ3) is 1.89. The number of hydrogen-bond acceptors (Lipinski definition) is 6. The lowest BCUT2D eigenvalue weighted by atomic mass is 10.1. The highest BCUT2D eigenvalue weighted by molar-refractivity contribution is 8.06. The summed E-state index contributed by atoms with van der Waals surface area (Å²) >= 11 is 4.42. The molecule has 0 bridgehead atoms. The number of carboxylic acids is 1. The Morgan fingerprint density at radius 2 is 2.57 bits per heavy atom. The molecule has 1 aliphatic heterocycles. The molecule has 14 heavy (non-hydrogen) atoms. The number of aromatic nitrogens is 2. The average molecular weight is 248 g/mol. The van der Waals surface area contributed by atoms with E-state index in [0.717, 1.165) is 10.1 Å². The molecule has 1 fully saturated rings. The van der Waals surface area contributed by atoms with Crippen molar-refractivity contribution in [2.24, 2.45) is 0 Å². The van der Waals surface area contributed by atoms with Crippen LogP contribution in [0.1, 0.15) is 6.42 Å². The summed E-state index contributed by atoms with van der Waals surface area (Å²) in [6.07, 6.45) is 0.706. The predicted molar refractivity (Wildman–Crippen MR) is 58.1 cm³/mol. The van der Waals surface area contributed by atoms with E-state index in [1.54, 1.807) is 17.3 Å². The Kier molecular flexibility index (Phi) is 2.99. The minimum atomic E-state index is -0.734. The molecule has 2 rings (SSSR count). The molecule has 1 saturated heterocycles. The smallest absolute Gasteiger partial charge is 0.321 e. The van der Waals surface area contributed by atoms with Crippen molar-refractivity contribution < 1.29 is 9.90 Å². The second kappa shape index (κ2) is 4.08. The largest absolute Gasteiger partial charge is 0.480 e. The highest BCUT2D eigenvalue weighted by Crippen LogP contribution is 2.43. The first-order valence-corrected chi connectivity index (χ1v) is 6.84. The van der Waals surface area contributed by atoms with Gasteiger partial charge in [-0.15, -0.1) is 10.2 Å². The molecular formula is C7H8N2O2S3. The molecule has 2 heterocycles. The van der Waals surface area contributed by atoms with Crippen LogP contribution in [0.4, 0.5) is 0 Å². The Morgan fingerprint density at radius 1 is 1.71 bits per heavy atom. The summed E-state index contributed by atoms with van der Waals surface area (Å²) in [5, 5.41) is 16.8. The standard InChI is InChI=1S/C7H8N2O2S3/c10-5(11)7(1-2-12-3-7)14-6-9-8-4-13-6/h4H,1-3H2,(H,10,11). The number of nitrogens with zero attached hydrogens (tertiary/aromatic N) is 2. The Bertz CT molecular complexity index is 322. The molecule has 0 spiro atoms. The van der Waals surface area contributed by atoms with Crippen LogP contribution >= 0.6 is 34.9 Å². The van der Waals surface area contributed by atoms with Crippen LogP contribution in [-0.4, -0.2) is 37.5 Å². The molecule has 76 valence electrons. The predicted octanol–water partition coefficient (Wildman–Crippen LogP) is 1.59. The summed E-state index contributed by atoms with van der Waals surface area (Å²) in [4.78, 5) is 11.2. The molecule has 1 aliphatic rings. The zero-order valence-corrected chi connectivity index (χ0v) is 9.62. The van der Waals surface area contributed by atoms with Crippen molar-refractivity contribution in [2.45, 2.75) is 15.5 Å². The molecule has 1 atom stereocenters. The fourth-order valence-electron chi connectivity index (χ4n) is 1.21. The third-order valence-corrected chi connectivity index (χ3v) is 5.56. The van der Waals surface area contributed by atoms with E-state index in [9.17, 15) is 9.90 Å². The number of aliphatic carboxylic acids is 1. The van der Waals surface area contributed by atoms with Crippen molar-refractivity contribution in [2.75, 3.05) is 11.5 Å². The molecule has 0 amide bonds. The van der Waals surface area contributed by atoms with Gasteiger partial charge in [0.05, 0.1) is 0 Å². The number of thioether (sulfide) groups is 2. The molecular weight excluding hydrogens is 240 g/mol. The minimum Gasteiger partial charge on any atom is -0.480 e. The summed E-state index contributed by atoms with van der Waals surface area (Å²) in [7, 11) is 0. The molecule has 7 heteroatoms. The van der Waals surface area contributed by atoms with Crippen molar-refractivity contribution >= 4 is 40.8 Å². The van der Waals surface area contributed by atoms with E-state index in [1.807, 2.05) is 0 Å². The first-order chi connectivity index (χ1) is 6.73. The van der Waals surface area contributed by atoms with Crippen molar-refractivity contribution in [1.29, 1.82) is 0 Å². The van der Waals surface area contributed by atoms with Gasteiger partial charge >= 0.3 is 5.97 Å². The highest BCUT2D eigenvalue weighted by Gasteiger charge is 2.43. The van der Waals surface area contributed by atoms with E-state index in [0.29, 0.717) is 12.2 Å². The quantitative estimate of drug-likeness (QED) is 0.876. The molecule has 0 radical (unpaired) electrons. The van der Waals surface area contributed by atoms with Gasteiger partial charge in [0.1, 0.15) is 10.3 Å². The Morgan fingerprint density at radius 3 is 3.07 bits per heavy atom. The lowest BCUT2D eigenvalue weighted by Crippen LogP contribution is -2.34. The monoisotopic (exact) mass is 248 g/mol. The van der Waals surface area contributed by atoms with Gasteiger partial charge in [0.15, 0.2) is 4.34 Å². The molecule has 1 aromatic rings. The number of rotatable bonds is 3. The Hall–Kier alpha value is -0.270. The Labute approximate surface area is 93.5 Å². The lowest BCUT2D eigenvalue weighted by molar-refractivity contribution is -0.139. The third-order valence-electron chi connectivity index (χ3n) is 2.00. The molecule has 0 saturated carbocycles. The van der Waals surface area contributed by atoms with Gasteiger partial charge in [-0.3, -0.25) is 4.79 Å². The van der Waals surface area contributed by atoms with Crippen LogP contribution in [0.25, 0.3) is 0 Å². The topological polar surface area (TPSA) is 63.1 Å². The number of carbonyl (C=O) groups is 1. The summed E-state index contributed by atoms with van der Waals surface area (Å²) < 4.78 is 0.0689. The van der Waals surface area contributed by atoms with E-state index in [4.69, 9.17) is 0 Å². The van der Waals surface area contributed by atoms with Gasteiger partial charge in [-0.1, -0.05) is 23.1 Å². The molecule has 0 aliphatic carbocycles. The lowest BCUT2D eigenvalue weighted by Gasteiger charge is -2.19. The molecule has 4 nitrogen and oxygen atoms in total. The van der Waals surface area contributed by atoms with Crippen LogP contribution < -0.4 is 0 Å². The zero-order chi connectivity index (χ0) is 10.0. The fourth-order valence-corrected chi connectivity index (χ4v) is 4.86. The fraction of sp³-hybridized carbons (Fsp3) is 0.571. The number of hydrogen-bond donors (Lipinski definition) is 1. The van der Waals surface area contributed by atoms with Gasteiger partial charge in [0, 0.05) is 5.75 Å². The number of carboxylic acid groups (broad SMARTS) is 1. The highest BCUT2D eigenvalue weighted by atomic mass is 32.2. The molecule has 1 aromatic heterocycles. The Balaban J connectivity index is 2.16. The van der Waals surface area contributed by atoms with Crippen molar-refractivity contribution in [3.63, 3.8) is 0 Å². The summed E-state index contributed by atoms with van der Waals surface area (Å²) in [6, 6.07) is 0. The van der Waals surface area contributed by atoms with Gasteiger partial charge in [0.25, 0.3) is 0 Å². The van der Waals surface area contributed by atoms with Crippen LogP contribution in [0.2, 0.25) is 0 Å². The maximum Gasteiger partial charge on any atom is 0.321 e. The van der Waals surface area contributed by atoms with Crippen LogP contribution in [0.3, 0.4) is 0 Å². The second-order valence-corrected chi connectivity index (χ2v) is 6.48. The van der Waals surface area contributed by atoms with E-state index in [2.05, 4.69) is 10.2 Å². The van der Waals surface area contributed by atoms with E-state index >= 15 is 0 Å². The van der Waals surface area contributed by atoms with Crippen LogP contribution in [0.5, 0.6) is 0 Å². The van der Waals surface area contributed by atoms with Gasteiger partial charge in [-0.25, -0.2) is 0 Å². The van der Waals surface area contributed by atoms with E-state index in [-0.39, 0.29) is 0 Å². The van der Waals surface area contributed by atoms with Crippen molar-refractivity contribution in [3.8, 4) is 0 Å². The van der Waals surface area contributed by atoms with Crippen LogP contribution in [0, 0.1) is 0 Å². The molecule has 0 aromatic carbocycles. The van der Waals surface area contributed by atoms with E-state index < -0.39 is 10.7 Å². The minimum absolute atomic E-state index is 0.659. The molecule has 1 unspecified atom stereocenters. The van der Waals surface area contributed by atoms with Gasteiger partial charge < -0.3 is 5.11 Å². The first kappa shape index (κ1) is 10.3. The second-order valence-electron chi connectivity index (χ2n) is 2.91. The summed E-state index contributed by atoms with van der Waals surface area (Å²) in [5.74, 6) is 0.840. The van der Waals surface area contributed by atoms with Gasteiger partial charge in [-0.2, -0.15) is 11.8 Å². The van der Waals surface area contributed by atoms with E-state index in [1.165, 1.54) is 23.1 Å². The van der Waals surface area contributed by atoms with Gasteiger partial charge in [-0.05, 0) is 12.2 Å². The summed E-state index contributed by atoms with van der Waals surface area (Å²) in [6.45, 7) is 0. The van der Waals surface area contributed by atoms with Gasteiger partial charge in [0.2, 0.25) is 0 Å². The summed E-state index contributed by atoms with van der Waals surface area (Å²) in [5.41, 5.74) is 1.62. The SMILES string of the molecule is O=C(O)C1(Sc2nncs2)CCSC1. The first-order valence-electron chi connectivity index (χ1n) is 3.99. The van der Waals surface area contributed by atoms with Crippen LogP contribution in [0.15, 0.2) is 9.85 Å². The van der Waals surface area contributed by atoms with Crippen molar-refractivity contribution in [1.82, 2.24) is 10.2 Å². The average Bonchev–Trinajstić information content (AvgIpc) is 2.76. The zero-order valence-electron chi connectivity index (χ0n) is 7.17. The maximum atomic E-state index is 11.2.